The Morgan fingerprint density at radius 2 is 2.06 bits per heavy atom. The SMILES string of the molecule is CC[C@@H](O)CN1CCN(Cc2ccon2)CC1. The summed E-state index contributed by atoms with van der Waals surface area (Å²) >= 11 is 0. The van der Waals surface area contributed by atoms with Gasteiger partial charge in [-0.1, -0.05) is 12.1 Å². The van der Waals surface area contributed by atoms with E-state index in [9.17, 15) is 5.11 Å². The summed E-state index contributed by atoms with van der Waals surface area (Å²) in [5, 5.41) is 13.5. The number of aliphatic hydroxyl groups is 1. The Balaban J connectivity index is 1.71. The van der Waals surface area contributed by atoms with Gasteiger partial charge in [-0.15, -0.1) is 0 Å². The third-order valence-electron chi connectivity index (χ3n) is 3.28. The van der Waals surface area contributed by atoms with Crippen molar-refractivity contribution in [3.63, 3.8) is 0 Å². The van der Waals surface area contributed by atoms with Crippen molar-refractivity contribution in [1.82, 2.24) is 15.0 Å². The summed E-state index contributed by atoms with van der Waals surface area (Å²) in [4.78, 5) is 4.69. The molecule has 1 fully saturated rings. The van der Waals surface area contributed by atoms with Gasteiger partial charge in [0.15, 0.2) is 0 Å². The predicted octanol–water partition coefficient (Wildman–Crippen LogP) is 0.563. The molecule has 1 aliphatic heterocycles. The average Bonchev–Trinajstić information content (AvgIpc) is 2.84. The van der Waals surface area contributed by atoms with Gasteiger partial charge in [-0.25, -0.2) is 0 Å². The van der Waals surface area contributed by atoms with E-state index in [1.807, 2.05) is 13.0 Å². The summed E-state index contributed by atoms with van der Waals surface area (Å²) in [5.41, 5.74) is 0.993. The number of nitrogens with zero attached hydrogens (tertiary/aromatic N) is 3. The number of hydrogen-bond donors (Lipinski definition) is 1. The second kappa shape index (κ2) is 6.14. The fourth-order valence-electron chi connectivity index (χ4n) is 2.11. The predicted molar refractivity (Wildman–Crippen MR) is 64.5 cm³/mol. The molecular weight excluding hydrogens is 218 g/mol. The fourth-order valence-corrected chi connectivity index (χ4v) is 2.11. The van der Waals surface area contributed by atoms with Gasteiger partial charge in [0.2, 0.25) is 0 Å². The summed E-state index contributed by atoms with van der Waals surface area (Å²) in [6.07, 6.45) is 2.26. The first-order valence-electron chi connectivity index (χ1n) is 6.30. The van der Waals surface area contributed by atoms with Crippen LogP contribution in [-0.4, -0.2) is 58.9 Å². The number of aromatic nitrogens is 1. The maximum Gasteiger partial charge on any atom is 0.124 e. The first kappa shape index (κ1) is 12.5. The Morgan fingerprint density at radius 3 is 2.65 bits per heavy atom. The lowest BCUT2D eigenvalue weighted by atomic mass is 10.2. The minimum Gasteiger partial charge on any atom is -0.392 e. The molecule has 0 spiro atoms. The Kier molecular flexibility index (Phi) is 4.53. The Bertz CT molecular complexity index is 308. The highest BCUT2D eigenvalue weighted by Gasteiger charge is 2.19. The topological polar surface area (TPSA) is 52.7 Å². The highest BCUT2D eigenvalue weighted by Crippen LogP contribution is 2.07. The molecule has 1 aromatic heterocycles. The highest BCUT2D eigenvalue weighted by atomic mass is 16.5. The van der Waals surface area contributed by atoms with Gasteiger partial charge in [0.1, 0.15) is 6.26 Å². The quantitative estimate of drug-likeness (QED) is 0.814. The Labute approximate surface area is 102 Å². The summed E-state index contributed by atoms with van der Waals surface area (Å²) in [5.74, 6) is 0. The third-order valence-corrected chi connectivity index (χ3v) is 3.28. The number of aliphatic hydroxyl groups excluding tert-OH is 1. The van der Waals surface area contributed by atoms with Crippen molar-refractivity contribution >= 4 is 0 Å². The van der Waals surface area contributed by atoms with Gasteiger partial charge in [-0.3, -0.25) is 9.80 Å². The van der Waals surface area contributed by atoms with Crippen LogP contribution < -0.4 is 0 Å². The molecule has 0 aliphatic carbocycles. The first-order chi connectivity index (χ1) is 8.28. The van der Waals surface area contributed by atoms with E-state index >= 15 is 0 Å². The van der Waals surface area contributed by atoms with Crippen LogP contribution in [-0.2, 0) is 6.54 Å². The molecule has 0 radical (unpaired) electrons. The summed E-state index contributed by atoms with van der Waals surface area (Å²) < 4.78 is 4.82. The molecule has 1 aromatic rings. The van der Waals surface area contributed by atoms with Gasteiger partial charge >= 0.3 is 0 Å². The van der Waals surface area contributed by atoms with Crippen LogP contribution in [0.1, 0.15) is 19.0 Å². The molecule has 0 unspecified atom stereocenters. The van der Waals surface area contributed by atoms with E-state index in [0.29, 0.717) is 0 Å². The second-order valence-electron chi connectivity index (χ2n) is 4.63. The summed E-state index contributed by atoms with van der Waals surface area (Å²) in [6.45, 7) is 7.79. The maximum atomic E-state index is 9.61. The van der Waals surface area contributed by atoms with Crippen LogP contribution in [0, 0.1) is 0 Å². The van der Waals surface area contributed by atoms with Crippen LogP contribution in [0.3, 0.4) is 0 Å². The molecule has 0 aromatic carbocycles. The smallest absolute Gasteiger partial charge is 0.124 e. The fraction of sp³-hybridized carbons (Fsp3) is 0.750. The molecule has 5 nitrogen and oxygen atoms in total. The van der Waals surface area contributed by atoms with Gasteiger partial charge in [-0.05, 0) is 6.42 Å². The van der Waals surface area contributed by atoms with Gasteiger partial charge in [0, 0.05) is 45.3 Å². The molecule has 1 atom stereocenters. The van der Waals surface area contributed by atoms with E-state index in [0.717, 1.165) is 51.4 Å². The molecule has 0 bridgehead atoms. The minimum absolute atomic E-state index is 0.183. The Hall–Kier alpha value is -0.910. The van der Waals surface area contributed by atoms with Crippen molar-refractivity contribution < 1.29 is 9.63 Å². The molecule has 2 rings (SSSR count). The normalized spacial score (nSPS) is 20.6. The summed E-state index contributed by atoms with van der Waals surface area (Å²) in [6, 6.07) is 1.91. The number of piperazine rings is 1. The summed E-state index contributed by atoms with van der Waals surface area (Å²) in [7, 11) is 0. The van der Waals surface area contributed by atoms with Crippen molar-refractivity contribution in [2.24, 2.45) is 0 Å². The largest absolute Gasteiger partial charge is 0.392 e. The molecule has 17 heavy (non-hydrogen) atoms. The molecule has 5 heteroatoms. The molecule has 0 saturated carbocycles. The van der Waals surface area contributed by atoms with Gasteiger partial charge in [-0.2, -0.15) is 0 Å². The lowest BCUT2D eigenvalue weighted by molar-refractivity contribution is 0.0679. The lowest BCUT2D eigenvalue weighted by Crippen LogP contribution is -2.48. The van der Waals surface area contributed by atoms with Crippen LogP contribution in [0.25, 0.3) is 0 Å². The van der Waals surface area contributed by atoms with Crippen LogP contribution in [0.4, 0.5) is 0 Å². The van der Waals surface area contributed by atoms with E-state index in [4.69, 9.17) is 4.52 Å². The standard InChI is InChI=1S/C12H21N3O2/c1-2-12(16)10-15-6-4-14(5-7-15)9-11-3-8-17-13-11/h3,8,12,16H,2,4-7,9-10H2,1H3/t12-/m1/s1. The van der Waals surface area contributed by atoms with E-state index in [1.54, 1.807) is 6.26 Å². The van der Waals surface area contributed by atoms with Gasteiger partial charge in [0.05, 0.1) is 11.8 Å². The van der Waals surface area contributed by atoms with E-state index in [1.165, 1.54) is 0 Å². The van der Waals surface area contributed by atoms with Gasteiger partial charge < -0.3 is 9.63 Å². The van der Waals surface area contributed by atoms with Gasteiger partial charge in [0.25, 0.3) is 0 Å². The van der Waals surface area contributed by atoms with Crippen LogP contribution in [0.2, 0.25) is 0 Å². The van der Waals surface area contributed by atoms with Crippen molar-refractivity contribution in [3.05, 3.63) is 18.0 Å². The molecular formula is C12H21N3O2. The van der Waals surface area contributed by atoms with Crippen molar-refractivity contribution in [1.29, 1.82) is 0 Å². The lowest BCUT2D eigenvalue weighted by Gasteiger charge is -2.35. The Morgan fingerprint density at radius 1 is 1.35 bits per heavy atom. The zero-order valence-electron chi connectivity index (χ0n) is 10.4. The third kappa shape index (κ3) is 3.80. The van der Waals surface area contributed by atoms with Crippen molar-refractivity contribution in [2.45, 2.75) is 26.0 Å². The first-order valence-corrected chi connectivity index (χ1v) is 6.30. The zero-order valence-corrected chi connectivity index (χ0v) is 10.4. The minimum atomic E-state index is -0.183. The van der Waals surface area contributed by atoms with E-state index in [2.05, 4.69) is 15.0 Å². The molecule has 96 valence electrons. The zero-order chi connectivity index (χ0) is 12.1. The number of β-amino-alcohol motifs (C(OH)–C–C–N with tert-alkyl or cyclic N) is 1. The maximum absolute atomic E-state index is 9.61. The second-order valence-corrected chi connectivity index (χ2v) is 4.63. The number of hydrogen-bond acceptors (Lipinski definition) is 5. The van der Waals surface area contributed by atoms with Crippen LogP contribution in [0.15, 0.2) is 16.9 Å². The van der Waals surface area contributed by atoms with Crippen molar-refractivity contribution in [2.75, 3.05) is 32.7 Å². The molecule has 0 amide bonds. The monoisotopic (exact) mass is 239 g/mol. The average molecular weight is 239 g/mol. The van der Waals surface area contributed by atoms with E-state index < -0.39 is 0 Å². The molecule has 1 saturated heterocycles. The molecule has 2 heterocycles. The number of rotatable bonds is 5. The van der Waals surface area contributed by atoms with E-state index in [-0.39, 0.29) is 6.10 Å². The molecule has 1 N–H and O–H groups in total. The van der Waals surface area contributed by atoms with Crippen LogP contribution in [0.5, 0.6) is 0 Å². The van der Waals surface area contributed by atoms with Crippen molar-refractivity contribution in [3.8, 4) is 0 Å². The molecule has 1 aliphatic rings. The highest BCUT2D eigenvalue weighted by molar-refractivity contribution is 4.95. The van der Waals surface area contributed by atoms with Crippen LogP contribution >= 0.6 is 0 Å².